The van der Waals surface area contributed by atoms with Crippen LogP contribution in [0.25, 0.3) is 19.5 Å². The predicted molar refractivity (Wildman–Crippen MR) is 116 cm³/mol. The highest BCUT2D eigenvalue weighted by atomic mass is 32.1. The summed E-state index contributed by atoms with van der Waals surface area (Å²) in [5.74, 6) is 0. The molecule has 29 heavy (non-hydrogen) atoms. The third-order valence-corrected chi connectivity index (χ3v) is 7.54. The summed E-state index contributed by atoms with van der Waals surface area (Å²) in [7, 11) is 0. The van der Waals surface area contributed by atoms with Gasteiger partial charge >= 0.3 is 0 Å². The number of aliphatic hydroxyl groups excluding tert-OH is 4. The maximum Gasteiger partial charge on any atom is 0.100 e. The first kappa shape index (κ1) is 22.5. The Morgan fingerprint density at radius 2 is 1.00 bits per heavy atom. The van der Waals surface area contributed by atoms with Gasteiger partial charge in [-0.2, -0.15) is 0 Å². The highest BCUT2D eigenvalue weighted by Crippen LogP contribution is 2.40. The Bertz CT molecular complexity index is 802. The number of aliphatic hydroxyl groups is 4. The first-order valence-corrected chi connectivity index (χ1v) is 11.5. The van der Waals surface area contributed by atoms with E-state index in [-0.39, 0.29) is 26.4 Å². The van der Waals surface area contributed by atoms with Crippen LogP contribution in [0.4, 0.5) is 0 Å². The number of hydrogen-bond acceptors (Lipinski definition) is 9. The molecule has 4 N–H and O–H groups in total. The molecule has 0 bridgehead atoms. The Morgan fingerprint density at radius 3 is 1.41 bits per heavy atom. The summed E-state index contributed by atoms with van der Waals surface area (Å²) in [5, 5.41) is 36.2. The lowest BCUT2D eigenvalue weighted by molar-refractivity contribution is 0.000740. The minimum Gasteiger partial charge on any atom is -0.394 e. The van der Waals surface area contributed by atoms with Crippen LogP contribution in [0, 0.1) is 0 Å². The van der Waals surface area contributed by atoms with Crippen LogP contribution < -0.4 is 0 Å². The summed E-state index contributed by atoms with van der Waals surface area (Å²) in [6.07, 6.45) is -1.68. The fourth-order valence-electron chi connectivity index (χ4n) is 2.48. The third-order valence-electron chi connectivity index (χ3n) is 3.95. The van der Waals surface area contributed by atoms with Gasteiger partial charge in [0.25, 0.3) is 0 Å². The molecule has 0 radical (unpaired) electrons. The van der Waals surface area contributed by atoms with Crippen molar-refractivity contribution >= 4 is 34.0 Å². The van der Waals surface area contributed by atoms with Gasteiger partial charge in [-0.05, 0) is 36.4 Å². The number of thiophene rings is 3. The molecule has 0 amide bonds. The van der Waals surface area contributed by atoms with Crippen molar-refractivity contribution in [2.45, 2.75) is 25.4 Å². The molecule has 3 rings (SSSR count). The van der Waals surface area contributed by atoms with Crippen molar-refractivity contribution in [1.82, 2.24) is 0 Å². The second-order valence-corrected chi connectivity index (χ2v) is 9.82. The zero-order chi connectivity index (χ0) is 20.6. The summed E-state index contributed by atoms with van der Waals surface area (Å²) in [6.45, 7) is 0.481. The molecule has 0 aliphatic heterocycles. The van der Waals surface area contributed by atoms with Gasteiger partial charge in [-0.25, -0.2) is 0 Å². The lowest BCUT2D eigenvalue weighted by Crippen LogP contribution is -2.18. The minimum absolute atomic E-state index is 0.121. The first-order chi connectivity index (χ1) is 14.1. The molecule has 0 fully saturated rings. The SMILES string of the molecule is OCC(O)COCc1ccc(-c2ccc(-c3ccc(COCC(O)CO)s3)s2)s1. The Morgan fingerprint density at radius 1 is 0.621 bits per heavy atom. The van der Waals surface area contributed by atoms with E-state index in [0.29, 0.717) is 13.2 Å². The summed E-state index contributed by atoms with van der Waals surface area (Å²) >= 11 is 5.03. The van der Waals surface area contributed by atoms with Gasteiger partial charge < -0.3 is 29.9 Å². The van der Waals surface area contributed by atoms with Crippen molar-refractivity contribution in [2.75, 3.05) is 26.4 Å². The minimum atomic E-state index is -0.838. The van der Waals surface area contributed by atoms with Crippen LogP contribution in [0.15, 0.2) is 36.4 Å². The van der Waals surface area contributed by atoms with Crippen molar-refractivity contribution in [3.05, 3.63) is 46.2 Å². The third kappa shape index (κ3) is 6.68. The number of ether oxygens (including phenoxy) is 2. The van der Waals surface area contributed by atoms with Gasteiger partial charge in [-0.3, -0.25) is 0 Å². The molecule has 3 heterocycles. The predicted octanol–water partition coefficient (Wildman–Crippen LogP) is 2.94. The van der Waals surface area contributed by atoms with Crippen LogP contribution >= 0.6 is 34.0 Å². The van der Waals surface area contributed by atoms with Gasteiger partial charge in [0.15, 0.2) is 0 Å². The Balaban J connectivity index is 1.56. The lowest BCUT2D eigenvalue weighted by atomic mass is 10.3. The van der Waals surface area contributed by atoms with E-state index in [0.717, 1.165) is 9.75 Å². The summed E-state index contributed by atoms with van der Waals surface area (Å²) in [4.78, 5) is 6.84. The smallest absolute Gasteiger partial charge is 0.100 e. The van der Waals surface area contributed by atoms with E-state index in [2.05, 4.69) is 24.3 Å². The van der Waals surface area contributed by atoms with Crippen LogP contribution in [0.5, 0.6) is 0 Å². The Kier molecular flexibility index (Phi) is 8.79. The second-order valence-electron chi connectivity index (χ2n) is 6.40. The molecule has 0 saturated carbocycles. The fraction of sp³-hybridized carbons (Fsp3) is 0.400. The van der Waals surface area contributed by atoms with Crippen molar-refractivity contribution in [3.8, 4) is 19.5 Å². The van der Waals surface area contributed by atoms with Gasteiger partial charge in [0, 0.05) is 29.3 Å². The zero-order valence-electron chi connectivity index (χ0n) is 15.7. The Hall–Kier alpha value is -1.14. The highest BCUT2D eigenvalue weighted by molar-refractivity contribution is 7.26. The summed E-state index contributed by atoms with van der Waals surface area (Å²) in [5.41, 5.74) is 0. The molecule has 158 valence electrons. The van der Waals surface area contributed by atoms with Crippen molar-refractivity contribution in [2.24, 2.45) is 0 Å². The fourth-order valence-corrected chi connectivity index (χ4v) is 5.55. The van der Waals surface area contributed by atoms with E-state index in [1.807, 2.05) is 12.1 Å². The highest BCUT2D eigenvalue weighted by Gasteiger charge is 2.11. The van der Waals surface area contributed by atoms with Crippen LogP contribution in [0.3, 0.4) is 0 Å². The van der Waals surface area contributed by atoms with Crippen molar-refractivity contribution in [3.63, 3.8) is 0 Å². The average Bonchev–Trinajstić information content (AvgIpc) is 3.47. The molecule has 0 aliphatic carbocycles. The molecule has 2 atom stereocenters. The van der Waals surface area contributed by atoms with E-state index in [9.17, 15) is 10.2 Å². The second kappa shape index (κ2) is 11.3. The standard InChI is InChI=1S/C20H24O6S3/c21-7-13(23)9-25-11-15-1-3-17(27-15)19-5-6-20(29-19)18-4-2-16(28-18)12-26-10-14(24)8-22/h1-6,13-14,21-24H,7-12H2. The maximum atomic E-state index is 9.32. The molecule has 3 aromatic heterocycles. The average molecular weight is 457 g/mol. The first-order valence-electron chi connectivity index (χ1n) is 9.10. The van der Waals surface area contributed by atoms with E-state index >= 15 is 0 Å². The van der Waals surface area contributed by atoms with Gasteiger partial charge in [0.1, 0.15) is 12.2 Å². The van der Waals surface area contributed by atoms with Crippen molar-refractivity contribution < 1.29 is 29.9 Å². The van der Waals surface area contributed by atoms with Gasteiger partial charge in [-0.15, -0.1) is 34.0 Å². The van der Waals surface area contributed by atoms with E-state index < -0.39 is 12.2 Å². The molecule has 0 saturated heterocycles. The molecular formula is C20H24O6S3. The summed E-state index contributed by atoms with van der Waals surface area (Å²) < 4.78 is 10.8. The number of hydrogen-bond donors (Lipinski definition) is 4. The molecule has 0 aliphatic rings. The van der Waals surface area contributed by atoms with Crippen LogP contribution in [-0.2, 0) is 22.7 Å². The van der Waals surface area contributed by atoms with Crippen LogP contribution in [0.2, 0.25) is 0 Å². The zero-order valence-corrected chi connectivity index (χ0v) is 18.1. The quantitative estimate of drug-likeness (QED) is 0.334. The van der Waals surface area contributed by atoms with Crippen LogP contribution in [0.1, 0.15) is 9.75 Å². The van der Waals surface area contributed by atoms with Gasteiger partial charge in [-0.1, -0.05) is 0 Å². The lowest BCUT2D eigenvalue weighted by Gasteiger charge is -2.06. The van der Waals surface area contributed by atoms with Crippen LogP contribution in [-0.4, -0.2) is 59.1 Å². The van der Waals surface area contributed by atoms with Crippen molar-refractivity contribution in [1.29, 1.82) is 0 Å². The maximum absolute atomic E-state index is 9.32. The van der Waals surface area contributed by atoms with E-state index in [1.54, 1.807) is 34.0 Å². The molecule has 6 nitrogen and oxygen atoms in total. The normalized spacial score (nSPS) is 13.7. The molecular weight excluding hydrogens is 432 g/mol. The summed E-state index contributed by atoms with van der Waals surface area (Å²) in [6, 6.07) is 12.4. The molecule has 2 unspecified atom stereocenters. The number of rotatable bonds is 12. The van der Waals surface area contributed by atoms with E-state index in [4.69, 9.17) is 19.7 Å². The molecule has 0 spiro atoms. The molecule has 3 aromatic rings. The topological polar surface area (TPSA) is 99.4 Å². The van der Waals surface area contributed by atoms with Gasteiger partial charge in [0.05, 0.1) is 39.6 Å². The monoisotopic (exact) mass is 456 g/mol. The Labute approximate surface area is 181 Å². The van der Waals surface area contributed by atoms with E-state index in [1.165, 1.54) is 19.5 Å². The van der Waals surface area contributed by atoms with Gasteiger partial charge in [0.2, 0.25) is 0 Å². The molecule has 0 aromatic carbocycles. The molecule has 9 heteroatoms. The largest absolute Gasteiger partial charge is 0.394 e.